The van der Waals surface area contributed by atoms with Gasteiger partial charge in [0.15, 0.2) is 5.69 Å². The topological polar surface area (TPSA) is 67.6 Å². The molecule has 3 rings (SSSR count). The zero-order valence-corrected chi connectivity index (χ0v) is 15.7. The van der Waals surface area contributed by atoms with E-state index < -0.39 is 0 Å². The van der Waals surface area contributed by atoms with Gasteiger partial charge in [0.25, 0.3) is 5.91 Å². The molecule has 1 N–H and O–H groups in total. The van der Waals surface area contributed by atoms with Gasteiger partial charge in [0.1, 0.15) is 6.26 Å². The lowest BCUT2D eigenvalue weighted by atomic mass is 10.1. The van der Waals surface area contributed by atoms with Gasteiger partial charge < -0.3 is 14.5 Å². The number of carbonyl (C=O) groups excluding carboxylic acids is 1. The lowest BCUT2D eigenvalue weighted by molar-refractivity contribution is 0.0932. The van der Waals surface area contributed by atoms with Crippen LogP contribution in [0.15, 0.2) is 28.9 Å². The van der Waals surface area contributed by atoms with Crippen molar-refractivity contribution < 1.29 is 13.9 Å². The first-order valence-corrected chi connectivity index (χ1v) is 9.08. The van der Waals surface area contributed by atoms with Crippen LogP contribution in [-0.2, 0) is 17.8 Å². The Balaban J connectivity index is 1.64. The second kappa shape index (κ2) is 8.47. The molecule has 0 saturated heterocycles. The summed E-state index contributed by atoms with van der Waals surface area (Å²) in [5.41, 5.74) is 4.22. The van der Waals surface area contributed by atoms with Gasteiger partial charge in [0.05, 0.1) is 13.2 Å². The van der Waals surface area contributed by atoms with E-state index >= 15 is 0 Å². The van der Waals surface area contributed by atoms with Crippen LogP contribution in [0, 0.1) is 13.8 Å². The van der Waals surface area contributed by atoms with Gasteiger partial charge in [0, 0.05) is 26.2 Å². The maximum Gasteiger partial charge on any atom is 0.273 e. The highest BCUT2D eigenvalue weighted by Gasteiger charge is 2.30. The third kappa shape index (κ3) is 4.93. The summed E-state index contributed by atoms with van der Waals surface area (Å²) in [6, 6.07) is 7.13. The number of amides is 1. The van der Waals surface area contributed by atoms with Gasteiger partial charge in [-0.05, 0) is 37.8 Å². The zero-order valence-electron chi connectivity index (χ0n) is 15.7. The number of ether oxygens (including phenoxy) is 1. The van der Waals surface area contributed by atoms with E-state index in [0.29, 0.717) is 37.3 Å². The molecule has 0 unspecified atom stereocenters. The summed E-state index contributed by atoms with van der Waals surface area (Å²) in [7, 11) is 1.60. The molecule has 1 amide bonds. The molecule has 1 aromatic heterocycles. The van der Waals surface area contributed by atoms with Gasteiger partial charge in [-0.2, -0.15) is 0 Å². The molecule has 0 radical (unpaired) electrons. The van der Waals surface area contributed by atoms with Crippen LogP contribution in [0.4, 0.5) is 0 Å². The number of nitrogens with one attached hydrogen (secondary N) is 1. The standard InChI is InChI=1S/C20H27N3O3/c1-14-4-5-15(2)16(10-14)11-23(17-6-7-17)12-19-22-18(13-26-19)20(24)21-8-9-25-3/h4-5,10,13,17H,6-9,11-12H2,1-3H3,(H,21,24). The highest BCUT2D eigenvalue weighted by Crippen LogP contribution is 2.30. The molecule has 140 valence electrons. The minimum Gasteiger partial charge on any atom is -0.447 e. The number of aryl methyl sites for hydroxylation is 2. The lowest BCUT2D eigenvalue weighted by Gasteiger charge is -2.21. The van der Waals surface area contributed by atoms with E-state index in [1.807, 2.05) is 0 Å². The molecule has 6 heteroatoms. The van der Waals surface area contributed by atoms with E-state index in [1.165, 1.54) is 35.8 Å². The Bertz CT molecular complexity index is 753. The normalized spacial score (nSPS) is 14.0. The number of oxazole rings is 1. The highest BCUT2D eigenvalue weighted by atomic mass is 16.5. The molecule has 0 atom stereocenters. The van der Waals surface area contributed by atoms with Crippen molar-refractivity contribution in [2.75, 3.05) is 20.3 Å². The third-order valence-corrected chi connectivity index (χ3v) is 4.66. The van der Waals surface area contributed by atoms with Crippen LogP contribution in [-0.4, -0.2) is 42.1 Å². The summed E-state index contributed by atoms with van der Waals surface area (Å²) in [6.45, 7) is 6.68. The summed E-state index contributed by atoms with van der Waals surface area (Å²) in [5.74, 6) is 0.351. The Morgan fingerprint density at radius 2 is 2.15 bits per heavy atom. The molecule has 0 aliphatic heterocycles. The van der Waals surface area contributed by atoms with Crippen LogP contribution in [0.1, 0.15) is 45.9 Å². The van der Waals surface area contributed by atoms with E-state index in [2.05, 4.69) is 47.2 Å². The van der Waals surface area contributed by atoms with Crippen molar-refractivity contribution in [3.8, 4) is 0 Å². The summed E-state index contributed by atoms with van der Waals surface area (Å²) in [5, 5.41) is 2.76. The molecule has 26 heavy (non-hydrogen) atoms. The lowest BCUT2D eigenvalue weighted by Crippen LogP contribution is -2.28. The van der Waals surface area contributed by atoms with Crippen molar-refractivity contribution in [3.05, 3.63) is 52.7 Å². The van der Waals surface area contributed by atoms with Gasteiger partial charge in [-0.1, -0.05) is 23.8 Å². The predicted molar refractivity (Wildman–Crippen MR) is 98.9 cm³/mol. The molecule has 0 bridgehead atoms. The second-order valence-electron chi connectivity index (χ2n) is 6.94. The zero-order chi connectivity index (χ0) is 18.5. The van der Waals surface area contributed by atoms with Gasteiger partial charge in [-0.25, -0.2) is 4.98 Å². The number of hydrogen-bond acceptors (Lipinski definition) is 5. The van der Waals surface area contributed by atoms with E-state index in [0.717, 1.165) is 6.54 Å². The fourth-order valence-electron chi connectivity index (χ4n) is 2.96. The maximum atomic E-state index is 12.0. The SMILES string of the molecule is COCCNC(=O)c1coc(CN(Cc2cc(C)ccc2C)C2CC2)n1. The Morgan fingerprint density at radius 3 is 2.88 bits per heavy atom. The monoisotopic (exact) mass is 357 g/mol. The first-order valence-electron chi connectivity index (χ1n) is 9.08. The Kier molecular flexibility index (Phi) is 6.06. The van der Waals surface area contributed by atoms with Crippen LogP contribution in [0.3, 0.4) is 0 Å². The first-order chi connectivity index (χ1) is 12.6. The third-order valence-electron chi connectivity index (χ3n) is 4.66. The fourth-order valence-corrected chi connectivity index (χ4v) is 2.96. The largest absolute Gasteiger partial charge is 0.447 e. The van der Waals surface area contributed by atoms with Crippen LogP contribution >= 0.6 is 0 Å². The summed E-state index contributed by atoms with van der Waals surface area (Å²) < 4.78 is 10.5. The number of carbonyl (C=O) groups is 1. The molecular weight excluding hydrogens is 330 g/mol. The van der Waals surface area contributed by atoms with Crippen molar-refractivity contribution in [2.24, 2.45) is 0 Å². The molecule has 1 aliphatic rings. The molecule has 1 heterocycles. The quantitative estimate of drug-likeness (QED) is 0.699. The summed E-state index contributed by atoms with van der Waals surface area (Å²) >= 11 is 0. The van der Waals surface area contributed by atoms with Crippen LogP contribution in [0.2, 0.25) is 0 Å². The van der Waals surface area contributed by atoms with Crippen molar-refractivity contribution in [3.63, 3.8) is 0 Å². The number of methoxy groups -OCH3 is 1. The van der Waals surface area contributed by atoms with Crippen LogP contribution in [0.5, 0.6) is 0 Å². The molecule has 1 saturated carbocycles. The number of rotatable bonds is 9. The summed E-state index contributed by atoms with van der Waals surface area (Å²) in [4.78, 5) is 18.8. The van der Waals surface area contributed by atoms with Gasteiger partial charge in [-0.15, -0.1) is 0 Å². The van der Waals surface area contributed by atoms with E-state index in [1.54, 1.807) is 7.11 Å². The number of benzene rings is 1. The molecule has 6 nitrogen and oxygen atoms in total. The molecule has 1 aliphatic carbocycles. The van der Waals surface area contributed by atoms with Gasteiger partial charge >= 0.3 is 0 Å². The van der Waals surface area contributed by atoms with Crippen molar-refractivity contribution in [1.29, 1.82) is 0 Å². The minimum absolute atomic E-state index is 0.232. The number of nitrogens with zero attached hydrogens (tertiary/aromatic N) is 2. The second-order valence-corrected chi connectivity index (χ2v) is 6.94. The molecule has 2 aromatic rings. The van der Waals surface area contributed by atoms with E-state index in [4.69, 9.17) is 9.15 Å². The van der Waals surface area contributed by atoms with Crippen molar-refractivity contribution >= 4 is 5.91 Å². The van der Waals surface area contributed by atoms with Crippen molar-refractivity contribution in [1.82, 2.24) is 15.2 Å². The Labute approximate surface area is 154 Å². The molecule has 1 aromatic carbocycles. The van der Waals surface area contributed by atoms with E-state index in [9.17, 15) is 4.79 Å². The highest BCUT2D eigenvalue weighted by molar-refractivity contribution is 5.91. The average molecular weight is 357 g/mol. The predicted octanol–water partition coefficient (Wildman–Crippen LogP) is 2.83. The van der Waals surface area contributed by atoms with Gasteiger partial charge in [-0.3, -0.25) is 9.69 Å². The summed E-state index contributed by atoms with van der Waals surface area (Å²) in [6.07, 6.45) is 3.84. The fraction of sp³-hybridized carbons (Fsp3) is 0.500. The van der Waals surface area contributed by atoms with Crippen LogP contribution in [0.25, 0.3) is 0 Å². The maximum absolute atomic E-state index is 12.0. The Morgan fingerprint density at radius 1 is 1.35 bits per heavy atom. The van der Waals surface area contributed by atoms with Gasteiger partial charge in [0.2, 0.25) is 5.89 Å². The van der Waals surface area contributed by atoms with E-state index in [-0.39, 0.29) is 5.91 Å². The number of aromatic nitrogens is 1. The molecular formula is C20H27N3O3. The average Bonchev–Trinajstić information content (AvgIpc) is 3.36. The molecule has 0 spiro atoms. The minimum atomic E-state index is -0.232. The molecule has 1 fully saturated rings. The number of hydrogen-bond donors (Lipinski definition) is 1. The van der Waals surface area contributed by atoms with Crippen LogP contribution < -0.4 is 5.32 Å². The smallest absolute Gasteiger partial charge is 0.273 e. The Hall–Kier alpha value is -2.18. The first kappa shape index (κ1) is 18.6. The van der Waals surface area contributed by atoms with Crippen molar-refractivity contribution in [2.45, 2.75) is 45.8 Å².